The number of amides is 1. The number of ether oxygens (including phenoxy) is 1. The summed E-state index contributed by atoms with van der Waals surface area (Å²) in [5, 5.41) is 19.2. The Morgan fingerprint density at radius 3 is 2.52 bits per heavy atom. The van der Waals surface area contributed by atoms with Crippen LogP contribution in [0.3, 0.4) is 0 Å². The Bertz CT molecular complexity index is 578. The van der Waals surface area contributed by atoms with Gasteiger partial charge in [0.1, 0.15) is 5.75 Å². The van der Waals surface area contributed by atoms with Crippen molar-refractivity contribution in [3.63, 3.8) is 0 Å². The van der Waals surface area contributed by atoms with Crippen molar-refractivity contribution in [2.75, 3.05) is 20.2 Å². The van der Waals surface area contributed by atoms with E-state index in [2.05, 4.69) is 31.9 Å². The first-order valence-electron chi connectivity index (χ1n) is 5.74. The molecular formula is C12H11Br2N3O4. The molecule has 0 spiro atoms. The van der Waals surface area contributed by atoms with Crippen molar-refractivity contribution in [2.45, 2.75) is 6.42 Å². The van der Waals surface area contributed by atoms with Crippen LogP contribution in [0.15, 0.2) is 21.1 Å². The van der Waals surface area contributed by atoms with Crippen molar-refractivity contribution < 1.29 is 14.5 Å². The summed E-state index contributed by atoms with van der Waals surface area (Å²) in [6, 6.07) is 4.54. The topological polar surface area (TPSA) is 96.5 Å². The number of carbonyl (C=O) groups excluding carboxylic acids is 1. The van der Waals surface area contributed by atoms with E-state index in [1.807, 2.05) is 6.07 Å². The minimum Gasteiger partial charge on any atom is -0.481 e. The van der Waals surface area contributed by atoms with Gasteiger partial charge in [-0.05, 0) is 31.9 Å². The number of likely N-dealkylation sites (N-methyl/N-ethyl adjacent to an activating group) is 1. The monoisotopic (exact) mass is 419 g/mol. The molecule has 112 valence electrons. The van der Waals surface area contributed by atoms with Gasteiger partial charge in [-0.15, -0.1) is 0 Å². The van der Waals surface area contributed by atoms with Gasteiger partial charge in [-0.3, -0.25) is 14.9 Å². The molecule has 0 radical (unpaired) electrons. The van der Waals surface area contributed by atoms with Gasteiger partial charge in [0.2, 0.25) is 0 Å². The van der Waals surface area contributed by atoms with Crippen molar-refractivity contribution in [3.05, 3.63) is 31.2 Å². The summed E-state index contributed by atoms with van der Waals surface area (Å²) >= 11 is 6.34. The fraction of sp³-hybridized carbons (Fsp3) is 0.333. The number of nitriles is 1. The van der Waals surface area contributed by atoms with Gasteiger partial charge < -0.3 is 9.64 Å². The Morgan fingerprint density at radius 1 is 1.48 bits per heavy atom. The standard InChI is InChI=1S/C12H11Br2N3O4/c1-16(4-2-3-15)11(18)7-21-12-9(13)5-8(17(19)20)6-10(12)14/h5-6H,2,4,7H2,1H3. The summed E-state index contributed by atoms with van der Waals surface area (Å²) in [7, 11) is 1.57. The smallest absolute Gasteiger partial charge is 0.271 e. The first kappa shape index (κ1) is 17.4. The van der Waals surface area contributed by atoms with Crippen LogP contribution >= 0.6 is 31.9 Å². The molecule has 7 nitrogen and oxygen atoms in total. The van der Waals surface area contributed by atoms with Crippen LogP contribution in [0.1, 0.15) is 6.42 Å². The highest BCUT2D eigenvalue weighted by molar-refractivity contribution is 9.11. The number of hydrogen-bond donors (Lipinski definition) is 0. The molecule has 1 aromatic rings. The largest absolute Gasteiger partial charge is 0.481 e. The van der Waals surface area contributed by atoms with Crippen LogP contribution in [0.4, 0.5) is 5.69 Å². The normalized spacial score (nSPS) is 9.81. The highest BCUT2D eigenvalue weighted by Crippen LogP contribution is 2.37. The van der Waals surface area contributed by atoms with Gasteiger partial charge in [0, 0.05) is 25.7 Å². The Balaban J connectivity index is 2.74. The maximum atomic E-state index is 11.8. The number of benzene rings is 1. The van der Waals surface area contributed by atoms with Crippen LogP contribution in [0.5, 0.6) is 5.75 Å². The maximum absolute atomic E-state index is 11.8. The van der Waals surface area contributed by atoms with Gasteiger partial charge in [-0.1, -0.05) is 0 Å². The summed E-state index contributed by atoms with van der Waals surface area (Å²) in [4.78, 5) is 23.3. The molecule has 9 heteroatoms. The fourth-order valence-corrected chi connectivity index (χ4v) is 2.77. The van der Waals surface area contributed by atoms with Crippen molar-refractivity contribution in [1.29, 1.82) is 5.26 Å². The van der Waals surface area contributed by atoms with E-state index in [1.165, 1.54) is 17.0 Å². The number of hydrogen-bond acceptors (Lipinski definition) is 5. The molecule has 0 aromatic heterocycles. The zero-order valence-electron chi connectivity index (χ0n) is 11.0. The van der Waals surface area contributed by atoms with Gasteiger partial charge in [0.25, 0.3) is 11.6 Å². The van der Waals surface area contributed by atoms with Crippen LogP contribution in [-0.2, 0) is 4.79 Å². The second kappa shape index (κ2) is 7.95. The third-order valence-electron chi connectivity index (χ3n) is 2.52. The summed E-state index contributed by atoms with van der Waals surface area (Å²) in [6.45, 7) is 0.0955. The van der Waals surface area contributed by atoms with E-state index in [4.69, 9.17) is 10.00 Å². The van der Waals surface area contributed by atoms with E-state index < -0.39 is 4.92 Å². The van der Waals surface area contributed by atoms with E-state index >= 15 is 0 Å². The molecule has 0 fully saturated rings. The number of nitro benzene ring substituents is 1. The summed E-state index contributed by atoms with van der Waals surface area (Å²) in [5.74, 6) is 0.0186. The first-order valence-corrected chi connectivity index (χ1v) is 7.32. The molecule has 0 heterocycles. The molecule has 1 rings (SSSR count). The van der Waals surface area contributed by atoms with Gasteiger partial charge in [-0.2, -0.15) is 5.26 Å². The Morgan fingerprint density at radius 2 is 2.05 bits per heavy atom. The lowest BCUT2D eigenvalue weighted by atomic mass is 10.3. The summed E-state index contributed by atoms with van der Waals surface area (Å²) < 4.78 is 6.12. The molecule has 0 atom stereocenters. The molecule has 0 unspecified atom stereocenters. The van der Waals surface area contributed by atoms with Crippen molar-refractivity contribution >= 4 is 43.5 Å². The fourth-order valence-electron chi connectivity index (χ4n) is 1.38. The summed E-state index contributed by atoms with van der Waals surface area (Å²) in [5.41, 5.74) is -0.0986. The van der Waals surface area contributed by atoms with Crippen molar-refractivity contribution in [1.82, 2.24) is 4.90 Å². The van der Waals surface area contributed by atoms with E-state index in [-0.39, 0.29) is 24.6 Å². The molecular weight excluding hydrogens is 410 g/mol. The van der Waals surface area contributed by atoms with Crippen LogP contribution in [0.25, 0.3) is 0 Å². The predicted octanol–water partition coefficient (Wildman–Crippen LogP) is 2.87. The van der Waals surface area contributed by atoms with Crippen LogP contribution < -0.4 is 4.74 Å². The lowest BCUT2D eigenvalue weighted by molar-refractivity contribution is -0.385. The molecule has 0 aliphatic rings. The number of nitrogens with zero attached hydrogens (tertiary/aromatic N) is 3. The molecule has 0 saturated heterocycles. The van der Waals surface area contributed by atoms with Crippen LogP contribution in [0, 0.1) is 21.4 Å². The van der Waals surface area contributed by atoms with Crippen molar-refractivity contribution in [2.24, 2.45) is 0 Å². The van der Waals surface area contributed by atoms with Gasteiger partial charge in [-0.25, -0.2) is 0 Å². The van der Waals surface area contributed by atoms with E-state index in [9.17, 15) is 14.9 Å². The second-order valence-corrected chi connectivity index (χ2v) is 5.72. The Hall–Kier alpha value is -1.66. The maximum Gasteiger partial charge on any atom is 0.271 e. The summed E-state index contributed by atoms with van der Waals surface area (Å²) in [6.07, 6.45) is 0.243. The van der Waals surface area contributed by atoms with E-state index in [0.29, 0.717) is 21.2 Å². The minimum atomic E-state index is -0.528. The minimum absolute atomic E-state index is 0.0986. The number of nitro groups is 1. The zero-order valence-corrected chi connectivity index (χ0v) is 14.2. The Kier molecular flexibility index (Phi) is 6.58. The van der Waals surface area contributed by atoms with Gasteiger partial charge in [0.15, 0.2) is 6.61 Å². The third-order valence-corrected chi connectivity index (χ3v) is 3.70. The molecule has 0 bridgehead atoms. The third kappa shape index (κ3) is 4.99. The average Bonchev–Trinajstić information content (AvgIpc) is 2.43. The SMILES string of the molecule is CN(CCC#N)C(=O)COc1c(Br)cc([N+](=O)[O-])cc1Br. The molecule has 0 aliphatic carbocycles. The molecule has 0 N–H and O–H groups in total. The number of non-ortho nitro benzene ring substituents is 1. The first-order chi connectivity index (χ1) is 9.86. The van der Waals surface area contributed by atoms with Crippen LogP contribution in [-0.4, -0.2) is 35.9 Å². The van der Waals surface area contributed by atoms with Gasteiger partial charge in [0.05, 0.1) is 26.4 Å². The lowest BCUT2D eigenvalue weighted by Gasteiger charge is -2.16. The number of rotatable bonds is 6. The molecule has 0 aliphatic heterocycles. The highest BCUT2D eigenvalue weighted by Gasteiger charge is 2.17. The van der Waals surface area contributed by atoms with Crippen LogP contribution in [0.2, 0.25) is 0 Å². The highest BCUT2D eigenvalue weighted by atomic mass is 79.9. The number of halogens is 2. The predicted molar refractivity (Wildman–Crippen MR) is 81.9 cm³/mol. The van der Waals surface area contributed by atoms with Gasteiger partial charge >= 0.3 is 0 Å². The quantitative estimate of drug-likeness (QED) is 0.520. The lowest BCUT2D eigenvalue weighted by Crippen LogP contribution is -2.32. The molecule has 0 saturated carbocycles. The number of carbonyl (C=O) groups is 1. The van der Waals surface area contributed by atoms with E-state index in [1.54, 1.807) is 7.05 Å². The Labute approximate surface area is 137 Å². The molecule has 21 heavy (non-hydrogen) atoms. The molecule has 1 amide bonds. The average molecular weight is 421 g/mol. The zero-order chi connectivity index (χ0) is 16.0. The van der Waals surface area contributed by atoms with E-state index in [0.717, 1.165) is 0 Å². The molecule has 1 aromatic carbocycles. The van der Waals surface area contributed by atoms with Crippen molar-refractivity contribution in [3.8, 4) is 11.8 Å². The second-order valence-electron chi connectivity index (χ2n) is 4.01.